The maximum atomic E-state index is 3.97. The van der Waals surface area contributed by atoms with Crippen LogP contribution in [0.15, 0.2) is 0 Å². The Morgan fingerprint density at radius 1 is 1.33 bits per heavy atom. The molecule has 0 N–H and O–H groups in total. The zero-order valence-corrected chi connectivity index (χ0v) is 8.23. The van der Waals surface area contributed by atoms with Gasteiger partial charge in [0.25, 0.3) is 0 Å². The number of thioether (sulfide) groups is 2. The zero-order chi connectivity index (χ0) is 7.49. The first-order valence-electron chi connectivity index (χ1n) is 2.99. The van der Waals surface area contributed by atoms with Gasteiger partial charge in [0.2, 0.25) is 0 Å². The van der Waals surface area contributed by atoms with Gasteiger partial charge in [0.1, 0.15) is 0 Å². The lowest BCUT2D eigenvalue weighted by Gasteiger charge is -2.21. The molecule has 1 radical (unpaired) electrons. The summed E-state index contributed by atoms with van der Waals surface area (Å²) >= 11 is 3.71. The molecule has 0 saturated heterocycles. The van der Waals surface area contributed by atoms with Gasteiger partial charge in [-0.15, -0.1) is 11.8 Å². The molecule has 0 spiro atoms. The van der Waals surface area contributed by atoms with E-state index in [9.17, 15) is 0 Å². The second-order valence-electron chi connectivity index (χ2n) is 2.90. The van der Waals surface area contributed by atoms with E-state index in [1.165, 1.54) is 0 Å². The molecule has 0 aliphatic carbocycles. The third-order valence-electron chi connectivity index (χ3n) is 0.748. The fourth-order valence-electron chi connectivity index (χ4n) is 0.442. The van der Waals surface area contributed by atoms with Gasteiger partial charge in [0.05, 0.1) is 4.58 Å². The van der Waals surface area contributed by atoms with Gasteiger partial charge in [0.15, 0.2) is 0 Å². The van der Waals surface area contributed by atoms with Crippen LogP contribution in [-0.2, 0) is 0 Å². The van der Waals surface area contributed by atoms with Crippen LogP contribution in [0.5, 0.6) is 0 Å². The number of rotatable bonds is 2. The van der Waals surface area contributed by atoms with E-state index in [4.69, 9.17) is 0 Å². The lowest BCUT2D eigenvalue weighted by molar-refractivity contribution is 0.803. The van der Waals surface area contributed by atoms with Crippen molar-refractivity contribution in [3.8, 4) is 0 Å². The van der Waals surface area contributed by atoms with Gasteiger partial charge in [-0.1, -0.05) is 20.8 Å². The average Bonchev–Trinajstić information content (AvgIpc) is 1.62. The largest absolute Gasteiger partial charge is 0.151 e. The minimum Gasteiger partial charge on any atom is -0.151 e. The Hall–Kier alpha value is 0.700. The van der Waals surface area contributed by atoms with Crippen LogP contribution in [0.1, 0.15) is 20.8 Å². The Morgan fingerprint density at radius 2 is 1.78 bits per heavy atom. The molecule has 0 aromatic heterocycles. The molecule has 9 heavy (non-hydrogen) atoms. The van der Waals surface area contributed by atoms with Crippen LogP contribution in [0.25, 0.3) is 0 Å². The van der Waals surface area contributed by atoms with E-state index < -0.39 is 0 Å². The molecule has 0 nitrogen and oxygen atoms in total. The van der Waals surface area contributed by atoms with Crippen LogP contribution in [0.3, 0.4) is 0 Å². The van der Waals surface area contributed by atoms with Crippen molar-refractivity contribution in [3.63, 3.8) is 0 Å². The van der Waals surface area contributed by atoms with Gasteiger partial charge in [-0.2, -0.15) is 11.8 Å². The summed E-state index contributed by atoms with van der Waals surface area (Å²) in [6.07, 6.45) is 2.09. The van der Waals surface area contributed by atoms with Crippen molar-refractivity contribution in [3.05, 3.63) is 6.92 Å². The van der Waals surface area contributed by atoms with Crippen LogP contribution in [0, 0.1) is 6.92 Å². The first-order valence-corrected chi connectivity index (χ1v) is 5.16. The molecule has 0 aromatic carbocycles. The van der Waals surface area contributed by atoms with E-state index in [1.807, 2.05) is 11.8 Å². The molecule has 0 rings (SSSR count). The highest BCUT2D eigenvalue weighted by atomic mass is 32.2. The Morgan fingerprint density at radius 3 is 1.89 bits per heavy atom. The standard InChI is InChI=1S/C7H15S2/c1-6(8-5)9-7(2,3)4/h6H,1H2,2-5H3. The smallest absolute Gasteiger partial charge is 0.0505 e. The second kappa shape index (κ2) is 3.77. The molecule has 0 bridgehead atoms. The quantitative estimate of drug-likeness (QED) is 0.574. The molecule has 0 aromatic rings. The molecule has 0 amide bonds. The fourth-order valence-corrected chi connectivity index (χ4v) is 2.48. The van der Waals surface area contributed by atoms with Gasteiger partial charge in [-0.05, 0) is 13.2 Å². The Kier molecular flexibility index (Phi) is 4.06. The predicted molar refractivity (Wildman–Crippen MR) is 50.0 cm³/mol. The summed E-state index contributed by atoms with van der Waals surface area (Å²) in [5.74, 6) is 0. The zero-order valence-electron chi connectivity index (χ0n) is 6.60. The van der Waals surface area contributed by atoms with Crippen molar-refractivity contribution in [2.75, 3.05) is 6.26 Å². The molecule has 55 valence electrons. The summed E-state index contributed by atoms with van der Waals surface area (Å²) in [6, 6.07) is 0. The Labute approximate surface area is 67.2 Å². The molecule has 0 aliphatic heterocycles. The van der Waals surface area contributed by atoms with Crippen LogP contribution in [0.2, 0.25) is 0 Å². The van der Waals surface area contributed by atoms with E-state index in [0.717, 1.165) is 0 Å². The van der Waals surface area contributed by atoms with Crippen LogP contribution < -0.4 is 0 Å². The third-order valence-corrected chi connectivity index (χ3v) is 3.11. The summed E-state index contributed by atoms with van der Waals surface area (Å²) in [7, 11) is 0. The third kappa shape index (κ3) is 6.59. The highest BCUT2D eigenvalue weighted by Gasteiger charge is 2.14. The van der Waals surface area contributed by atoms with Crippen molar-refractivity contribution in [2.24, 2.45) is 0 Å². The normalized spacial score (nSPS) is 15.7. The molecular weight excluding hydrogens is 148 g/mol. The summed E-state index contributed by atoms with van der Waals surface area (Å²) in [4.78, 5) is 0. The average molecular weight is 163 g/mol. The first kappa shape index (κ1) is 9.70. The van der Waals surface area contributed by atoms with Crippen molar-refractivity contribution in [2.45, 2.75) is 30.1 Å². The summed E-state index contributed by atoms with van der Waals surface area (Å²) in [5, 5.41) is 0. The summed E-state index contributed by atoms with van der Waals surface area (Å²) in [5.41, 5.74) is 0. The highest BCUT2D eigenvalue weighted by Crippen LogP contribution is 2.32. The number of hydrogen-bond donors (Lipinski definition) is 0. The number of hydrogen-bond acceptors (Lipinski definition) is 2. The van der Waals surface area contributed by atoms with Gasteiger partial charge in [0, 0.05) is 4.75 Å². The molecule has 0 saturated carbocycles. The Balaban J connectivity index is 3.47. The highest BCUT2D eigenvalue weighted by molar-refractivity contribution is 8.17. The second-order valence-corrected chi connectivity index (χ2v) is 6.26. The fraction of sp³-hybridized carbons (Fsp3) is 0.857. The van der Waals surface area contributed by atoms with E-state index in [-0.39, 0.29) is 0 Å². The van der Waals surface area contributed by atoms with Gasteiger partial charge >= 0.3 is 0 Å². The van der Waals surface area contributed by atoms with Crippen LogP contribution in [0.4, 0.5) is 0 Å². The molecule has 1 atom stereocenters. The molecule has 1 unspecified atom stereocenters. The predicted octanol–water partition coefficient (Wildman–Crippen LogP) is 3.04. The van der Waals surface area contributed by atoms with Crippen molar-refractivity contribution in [1.29, 1.82) is 0 Å². The van der Waals surface area contributed by atoms with Crippen LogP contribution in [-0.4, -0.2) is 15.6 Å². The van der Waals surface area contributed by atoms with E-state index in [0.29, 0.717) is 9.33 Å². The van der Waals surface area contributed by atoms with Crippen molar-refractivity contribution in [1.82, 2.24) is 0 Å². The summed E-state index contributed by atoms with van der Waals surface area (Å²) in [6.45, 7) is 10.6. The molecule has 0 fully saturated rings. The van der Waals surface area contributed by atoms with Crippen LogP contribution >= 0.6 is 23.5 Å². The molecule has 0 aliphatic rings. The summed E-state index contributed by atoms with van der Waals surface area (Å²) < 4.78 is 0.833. The van der Waals surface area contributed by atoms with Gasteiger partial charge in [-0.25, -0.2) is 0 Å². The van der Waals surface area contributed by atoms with Gasteiger partial charge in [-0.3, -0.25) is 0 Å². The maximum Gasteiger partial charge on any atom is 0.0505 e. The molecule has 2 heteroatoms. The topological polar surface area (TPSA) is 0 Å². The monoisotopic (exact) mass is 163 g/mol. The van der Waals surface area contributed by atoms with E-state index >= 15 is 0 Å². The molecular formula is C7H15S2. The SMILES string of the molecule is [CH2]C(SC)SC(C)(C)C. The van der Waals surface area contributed by atoms with Crippen molar-refractivity contribution >= 4 is 23.5 Å². The lowest BCUT2D eigenvalue weighted by atomic mass is 10.3. The molecule has 0 heterocycles. The Bertz CT molecular complexity index is 73.5. The van der Waals surface area contributed by atoms with Crippen molar-refractivity contribution < 1.29 is 0 Å². The van der Waals surface area contributed by atoms with Gasteiger partial charge < -0.3 is 0 Å². The lowest BCUT2D eigenvalue weighted by Crippen LogP contribution is -2.11. The minimum absolute atomic E-state index is 0.357. The maximum absolute atomic E-state index is 3.97. The van der Waals surface area contributed by atoms with E-state index in [1.54, 1.807) is 11.8 Å². The first-order chi connectivity index (χ1) is 3.95. The van der Waals surface area contributed by atoms with E-state index in [2.05, 4.69) is 34.0 Å². The minimum atomic E-state index is 0.357.